The van der Waals surface area contributed by atoms with Gasteiger partial charge in [0.15, 0.2) is 6.10 Å². The zero-order valence-electron chi connectivity index (χ0n) is 12.3. The average molecular weight is 359 g/mol. The van der Waals surface area contributed by atoms with Crippen molar-refractivity contribution in [2.24, 2.45) is 0 Å². The molecule has 0 aliphatic heterocycles. The minimum absolute atomic E-state index is 0.00784. The predicted molar refractivity (Wildman–Crippen MR) is 82.8 cm³/mol. The van der Waals surface area contributed by atoms with Gasteiger partial charge in [0.2, 0.25) is 9.84 Å². The molecule has 2 aromatic rings. The summed E-state index contributed by atoms with van der Waals surface area (Å²) in [5, 5.41) is 2.24. The van der Waals surface area contributed by atoms with Gasteiger partial charge < -0.3 is 10.1 Å². The van der Waals surface area contributed by atoms with Gasteiger partial charge in [-0.05, 0) is 30.7 Å². The van der Waals surface area contributed by atoms with Crippen molar-refractivity contribution in [1.82, 2.24) is 9.36 Å². The number of benzene rings is 1. The number of sulfone groups is 1. The van der Waals surface area contributed by atoms with E-state index in [1.54, 1.807) is 6.92 Å². The lowest BCUT2D eigenvalue weighted by atomic mass is 10.2. The molecule has 124 valence electrons. The smallest absolute Gasteiger partial charge is 0.294 e. The van der Waals surface area contributed by atoms with Crippen LogP contribution in [0.3, 0.4) is 0 Å². The summed E-state index contributed by atoms with van der Waals surface area (Å²) in [5.41, 5.74) is 0.424. The number of amides is 1. The lowest BCUT2D eigenvalue weighted by Crippen LogP contribution is -2.32. The summed E-state index contributed by atoms with van der Waals surface area (Å²) in [6.07, 6.45) is 0.443. The number of hydrogen-bond donors (Lipinski definition) is 1. The van der Waals surface area contributed by atoms with Crippen molar-refractivity contribution >= 4 is 33.0 Å². The normalized spacial score (nSPS) is 12.7. The number of nitrogens with one attached hydrogen (secondary N) is 1. The Bertz CT molecular complexity index is 790. The van der Waals surface area contributed by atoms with Gasteiger partial charge in [-0.15, -0.1) is 0 Å². The fraction of sp³-hybridized carbons (Fsp3) is 0.308. The van der Waals surface area contributed by atoms with E-state index in [4.69, 9.17) is 4.74 Å². The van der Waals surface area contributed by atoms with E-state index in [0.29, 0.717) is 12.1 Å². The Balaban J connectivity index is 2.05. The highest BCUT2D eigenvalue weighted by Gasteiger charge is 2.22. The second-order valence-corrected chi connectivity index (χ2v) is 7.25. The van der Waals surface area contributed by atoms with Crippen molar-refractivity contribution in [2.75, 3.05) is 11.6 Å². The number of halogens is 1. The summed E-state index contributed by atoms with van der Waals surface area (Å²) in [6.45, 7) is 1.73. The highest BCUT2D eigenvalue weighted by atomic mass is 32.2. The minimum Gasteiger partial charge on any atom is -0.456 e. The highest BCUT2D eigenvalue weighted by molar-refractivity contribution is 7.90. The molecule has 1 atom stereocenters. The number of hydrogen-bond acceptors (Lipinski definition) is 7. The summed E-state index contributed by atoms with van der Waals surface area (Å²) in [7, 11) is -3.53. The molecule has 0 spiro atoms. The van der Waals surface area contributed by atoms with E-state index in [9.17, 15) is 17.6 Å². The van der Waals surface area contributed by atoms with Crippen LogP contribution in [0.2, 0.25) is 0 Å². The molecule has 0 bridgehead atoms. The van der Waals surface area contributed by atoms with E-state index < -0.39 is 27.7 Å². The molecule has 1 heterocycles. The van der Waals surface area contributed by atoms with Crippen LogP contribution in [0.15, 0.2) is 29.4 Å². The third-order valence-electron chi connectivity index (χ3n) is 2.74. The van der Waals surface area contributed by atoms with Crippen LogP contribution in [0.5, 0.6) is 5.19 Å². The maximum absolute atomic E-state index is 12.8. The molecule has 10 heteroatoms. The molecular weight excluding hydrogens is 345 g/mol. The Morgan fingerprint density at radius 3 is 2.57 bits per heavy atom. The number of nitrogens with zero attached hydrogens (tertiary/aromatic N) is 2. The van der Waals surface area contributed by atoms with Crippen molar-refractivity contribution < 1.29 is 22.3 Å². The molecule has 0 saturated carbocycles. The first-order valence-corrected chi connectivity index (χ1v) is 9.23. The van der Waals surface area contributed by atoms with E-state index in [1.165, 1.54) is 24.3 Å². The van der Waals surface area contributed by atoms with Gasteiger partial charge in [0, 0.05) is 23.5 Å². The van der Waals surface area contributed by atoms with E-state index in [2.05, 4.69) is 14.7 Å². The topological polar surface area (TPSA) is 98.2 Å². The van der Waals surface area contributed by atoms with Gasteiger partial charge >= 0.3 is 0 Å². The second-order valence-electron chi connectivity index (χ2n) is 4.63. The number of carbonyl (C=O) groups is 1. The van der Waals surface area contributed by atoms with Crippen LogP contribution >= 0.6 is 11.5 Å². The van der Waals surface area contributed by atoms with Gasteiger partial charge in [-0.2, -0.15) is 9.36 Å². The number of carbonyl (C=O) groups excluding carboxylic acids is 1. The second kappa shape index (κ2) is 7.01. The maximum atomic E-state index is 12.8. The molecule has 1 unspecified atom stereocenters. The van der Waals surface area contributed by atoms with Gasteiger partial charge in [0.1, 0.15) is 5.82 Å². The third kappa shape index (κ3) is 4.70. The van der Waals surface area contributed by atoms with Gasteiger partial charge in [-0.3, -0.25) is 4.79 Å². The van der Waals surface area contributed by atoms with Crippen LogP contribution in [-0.2, 0) is 14.6 Å². The Morgan fingerprint density at radius 2 is 2.04 bits per heavy atom. The first kappa shape index (κ1) is 17.3. The standard InChI is InChI=1S/C13H14FN3O4S2/c1-3-10(11(18)15-9-6-4-8(14)5-7-9)21-13-16-12(17-22-13)23(2,19)20/h4-7,10H,3H2,1-2H3,(H,15,18). The largest absolute Gasteiger partial charge is 0.456 e. The Hall–Kier alpha value is -2.07. The number of anilines is 1. The van der Waals surface area contributed by atoms with E-state index >= 15 is 0 Å². The van der Waals surface area contributed by atoms with Crippen LogP contribution in [0.4, 0.5) is 10.1 Å². The van der Waals surface area contributed by atoms with Crippen LogP contribution in [0.25, 0.3) is 0 Å². The van der Waals surface area contributed by atoms with E-state index in [-0.39, 0.29) is 10.4 Å². The SMILES string of the molecule is CCC(Oc1nc(S(C)(=O)=O)ns1)C(=O)Nc1ccc(F)cc1. The molecule has 2 rings (SSSR count). The summed E-state index contributed by atoms with van der Waals surface area (Å²) < 4.78 is 44.5. The molecular formula is C13H14FN3O4S2. The molecule has 23 heavy (non-hydrogen) atoms. The molecule has 1 aromatic carbocycles. The zero-order chi connectivity index (χ0) is 17.0. The molecule has 1 amide bonds. The molecule has 0 aliphatic carbocycles. The predicted octanol–water partition coefficient (Wildman–Crippen LogP) is 1.88. The van der Waals surface area contributed by atoms with Gasteiger partial charge in [0.05, 0.1) is 0 Å². The molecule has 0 saturated heterocycles. The summed E-state index contributed by atoms with van der Waals surface area (Å²) >= 11 is 0.754. The monoisotopic (exact) mass is 359 g/mol. The molecule has 7 nitrogen and oxygen atoms in total. The highest BCUT2D eigenvalue weighted by Crippen LogP contribution is 2.20. The summed E-state index contributed by atoms with van der Waals surface area (Å²) in [4.78, 5) is 15.9. The first-order chi connectivity index (χ1) is 10.8. The molecule has 0 fully saturated rings. The first-order valence-electron chi connectivity index (χ1n) is 6.56. The Morgan fingerprint density at radius 1 is 1.39 bits per heavy atom. The summed E-state index contributed by atoms with van der Waals surface area (Å²) in [5.74, 6) is -0.858. The zero-order valence-corrected chi connectivity index (χ0v) is 13.9. The van der Waals surface area contributed by atoms with Gasteiger partial charge in [-0.25, -0.2) is 12.8 Å². The number of rotatable bonds is 6. The quantitative estimate of drug-likeness (QED) is 0.845. The maximum Gasteiger partial charge on any atom is 0.294 e. The van der Waals surface area contributed by atoms with Crippen molar-refractivity contribution in [3.63, 3.8) is 0 Å². The number of ether oxygens (including phenoxy) is 1. The van der Waals surface area contributed by atoms with Crippen LogP contribution < -0.4 is 10.1 Å². The molecule has 1 aromatic heterocycles. The van der Waals surface area contributed by atoms with Crippen molar-refractivity contribution in [1.29, 1.82) is 0 Å². The van der Waals surface area contributed by atoms with E-state index in [1.807, 2.05) is 0 Å². The number of aromatic nitrogens is 2. The average Bonchev–Trinajstić information content (AvgIpc) is 2.96. The molecule has 0 aliphatic rings. The Labute approximate surface area is 136 Å². The minimum atomic E-state index is -3.53. The fourth-order valence-corrected chi connectivity index (χ4v) is 3.04. The van der Waals surface area contributed by atoms with Crippen LogP contribution in [0, 0.1) is 5.82 Å². The summed E-state index contributed by atoms with van der Waals surface area (Å²) in [6, 6.07) is 5.29. The Kier molecular flexibility index (Phi) is 5.26. The van der Waals surface area contributed by atoms with Gasteiger partial charge in [-0.1, -0.05) is 6.92 Å². The van der Waals surface area contributed by atoms with Crippen molar-refractivity contribution in [3.8, 4) is 5.19 Å². The molecule has 1 N–H and O–H groups in total. The van der Waals surface area contributed by atoms with Crippen LogP contribution in [-0.4, -0.2) is 36.0 Å². The fourth-order valence-electron chi connectivity index (χ4n) is 1.60. The van der Waals surface area contributed by atoms with E-state index in [0.717, 1.165) is 17.8 Å². The lowest BCUT2D eigenvalue weighted by molar-refractivity contribution is -0.122. The van der Waals surface area contributed by atoms with Crippen molar-refractivity contribution in [3.05, 3.63) is 30.1 Å². The lowest BCUT2D eigenvalue weighted by Gasteiger charge is -2.14. The van der Waals surface area contributed by atoms with Gasteiger partial charge in [0.25, 0.3) is 16.3 Å². The third-order valence-corrected chi connectivity index (χ3v) is 4.31. The molecule has 0 radical (unpaired) electrons. The van der Waals surface area contributed by atoms with Crippen LogP contribution in [0.1, 0.15) is 13.3 Å². The van der Waals surface area contributed by atoms with Crippen molar-refractivity contribution in [2.45, 2.75) is 24.6 Å².